The van der Waals surface area contributed by atoms with Crippen LogP contribution in [0.5, 0.6) is 0 Å². The van der Waals surface area contributed by atoms with Gasteiger partial charge in [0.1, 0.15) is 6.61 Å². The van der Waals surface area contributed by atoms with E-state index in [1.165, 1.54) is 19.2 Å². The van der Waals surface area contributed by atoms with Crippen LogP contribution in [0.1, 0.15) is 17.3 Å². The number of nitrogens with one attached hydrogen (secondary N) is 1. The fraction of sp³-hybridized carbons (Fsp3) is 0.385. The molecule has 0 amide bonds. The van der Waals surface area contributed by atoms with Gasteiger partial charge in [0.25, 0.3) is 5.69 Å². The monoisotopic (exact) mass is 312 g/mol. The molecule has 0 unspecified atom stereocenters. The molecule has 9 nitrogen and oxygen atoms in total. The van der Waals surface area contributed by atoms with E-state index in [2.05, 4.69) is 14.8 Å². The van der Waals surface area contributed by atoms with E-state index in [0.29, 0.717) is 5.69 Å². The molecular formula is C13H16N2O7. The predicted octanol–water partition coefficient (Wildman–Crippen LogP) is 1.97. The number of hydrogen-bond acceptors (Lipinski definition) is 8. The number of nitro groups is 1. The van der Waals surface area contributed by atoms with E-state index in [-0.39, 0.29) is 31.0 Å². The molecule has 9 heteroatoms. The minimum absolute atomic E-state index is 0.0104. The van der Waals surface area contributed by atoms with Crippen LogP contribution in [0.15, 0.2) is 18.2 Å². The molecule has 0 fully saturated rings. The molecule has 0 aromatic heterocycles. The molecule has 0 aliphatic carbocycles. The molecular weight excluding hydrogens is 296 g/mol. The quantitative estimate of drug-likeness (QED) is 0.351. The van der Waals surface area contributed by atoms with Crippen LogP contribution in [0.25, 0.3) is 0 Å². The van der Waals surface area contributed by atoms with Crippen molar-refractivity contribution in [2.45, 2.75) is 6.92 Å². The molecule has 0 aliphatic heterocycles. The van der Waals surface area contributed by atoms with Crippen molar-refractivity contribution in [1.82, 2.24) is 0 Å². The molecule has 0 atom stereocenters. The highest BCUT2D eigenvalue weighted by atomic mass is 16.7. The zero-order valence-corrected chi connectivity index (χ0v) is 12.2. The normalized spacial score (nSPS) is 9.73. The first-order valence-corrected chi connectivity index (χ1v) is 6.39. The Balaban J connectivity index is 2.71. The Hall–Kier alpha value is -2.84. The summed E-state index contributed by atoms with van der Waals surface area (Å²) >= 11 is 0. The molecule has 1 rings (SSSR count). The number of carbonyl (C=O) groups is 2. The lowest BCUT2D eigenvalue weighted by molar-refractivity contribution is -0.384. The lowest BCUT2D eigenvalue weighted by atomic mass is 10.1. The molecule has 0 aliphatic rings. The molecule has 120 valence electrons. The predicted molar refractivity (Wildman–Crippen MR) is 75.9 cm³/mol. The van der Waals surface area contributed by atoms with Crippen LogP contribution in [-0.4, -0.2) is 43.9 Å². The van der Waals surface area contributed by atoms with Crippen LogP contribution in [0.2, 0.25) is 0 Å². The summed E-state index contributed by atoms with van der Waals surface area (Å²) in [6, 6.07) is 3.75. The number of ether oxygens (including phenoxy) is 3. The topological polar surface area (TPSA) is 117 Å². The minimum atomic E-state index is -0.791. The summed E-state index contributed by atoms with van der Waals surface area (Å²) in [7, 11) is 1.18. The van der Waals surface area contributed by atoms with E-state index >= 15 is 0 Å². The average molecular weight is 312 g/mol. The summed E-state index contributed by atoms with van der Waals surface area (Å²) < 4.78 is 13.9. The second kappa shape index (κ2) is 8.45. The number of methoxy groups -OCH3 is 1. The van der Waals surface area contributed by atoms with Crippen molar-refractivity contribution in [2.75, 3.05) is 32.2 Å². The van der Waals surface area contributed by atoms with Gasteiger partial charge in [0, 0.05) is 24.4 Å². The fourth-order valence-electron chi connectivity index (χ4n) is 1.56. The van der Waals surface area contributed by atoms with Gasteiger partial charge in [-0.25, -0.2) is 9.59 Å². The summed E-state index contributed by atoms with van der Waals surface area (Å²) in [5, 5.41) is 13.6. The van der Waals surface area contributed by atoms with Crippen molar-refractivity contribution in [1.29, 1.82) is 0 Å². The Morgan fingerprint density at radius 1 is 1.32 bits per heavy atom. The van der Waals surface area contributed by atoms with E-state index < -0.39 is 17.0 Å². The molecule has 0 saturated carbocycles. The maximum absolute atomic E-state index is 11.6. The van der Waals surface area contributed by atoms with Gasteiger partial charge in [-0.3, -0.25) is 10.1 Å². The van der Waals surface area contributed by atoms with Crippen LogP contribution in [0, 0.1) is 10.1 Å². The third-order valence-electron chi connectivity index (χ3n) is 2.52. The fourth-order valence-corrected chi connectivity index (χ4v) is 1.56. The molecule has 0 bridgehead atoms. The van der Waals surface area contributed by atoms with Gasteiger partial charge in [0.2, 0.25) is 0 Å². The Morgan fingerprint density at radius 2 is 2.05 bits per heavy atom. The smallest absolute Gasteiger partial charge is 0.465 e. The second-order valence-electron chi connectivity index (χ2n) is 3.94. The van der Waals surface area contributed by atoms with Gasteiger partial charge >= 0.3 is 12.1 Å². The molecule has 1 aromatic rings. The molecule has 0 spiro atoms. The van der Waals surface area contributed by atoms with E-state index in [9.17, 15) is 19.7 Å². The molecule has 1 N–H and O–H groups in total. The van der Waals surface area contributed by atoms with Crippen molar-refractivity contribution in [2.24, 2.45) is 0 Å². The first kappa shape index (κ1) is 17.2. The summed E-state index contributed by atoms with van der Waals surface area (Å²) in [6.45, 7) is 2.07. The third-order valence-corrected chi connectivity index (χ3v) is 2.52. The van der Waals surface area contributed by atoms with Crippen molar-refractivity contribution < 1.29 is 28.7 Å². The first-order valence-electron chi connectivity index (χ1n) is 6.39. The zero-order chi connectivity index (χ0) is 16.5. The highest BCUT2D eigenvalue weighted by Gasteiger charge is 2.17. The number of carbonyl (C=O) groups excluding carboxylic acids is 2. The number of hydrogen-bond donors (Lipinski definition) is 1. The van der Waals surface area contributed by atoms with E-state index in [4.69, 9.17) is 4.74 Å². The molecule has 0 heterocycles. The molecule has 1 aromatic carbocycles. The standard InChI is InChI=1S/C13H16N2O7/c1-3-21-13(17)22-7-6-14-11-5-4-9(15(18)19)8-10(11)12(16)20-2/h4-5,8,14H,3,6-7H2,1-2H3. The van der Waals surface area contributed by atoms with Gasteiger partial charge in [-0.05, 0) is 13.0 Å². The molecule has 22 heavy (non-hydrogen) atoms. The van der Waals surface area contributed by atoms with E-state index in [1.54, 1.807) is 6.92 Å². The van der Waals surface area contributed by atoms with Crippen LogP contribution in [0.3, 0.4) is 0 Å². The highest BCUT2D eigenvalue weighted by Crippen LogP contribution is 2.22. The largest absolute Gasteiger partial charge is 0.508 e. The van der Waals surface area contributed by atoms with Gasteiger partial charge in [-0.15, -0.1) is 0 Å². The maximum Gasteiger partial charge on any atom is 0.508 e. The lowest BCUT2D eigenvalue weighted by Gasteiger charge is -2.11. The summed E-state index contributed by atoms with van der Waals surface area (Å²) in [5.74, 6) is -0.711. The van der Waals surface area contributed by atoms with Crippen LogP contribution in [0.4, 0.5) is 16.2 Å². The van der Waals surface area contributed by atoms with Gasteiger partial charge in [-0.2, -0.15) is 0 Å². The summed E-state index contributed by atoms with van der Waals surface area (Å²) in [6.07, 6.45) is -0.791. The van der Waals surface area contributed by atoms with Crippen molar-refractivity contribution in [3.8, 4) is 0 Å². The van der Waals surface area contributed by atoms with Crippen LogP contribution in [-0.2, 0) is 14.2 Å². The average Bonchev–Trinajstić information content (AvgIpc) is 2.51. The van der Waals surface area contributed by atoms with Gasteiger partial charge in [0.15, 0.2) is 0 Å². The molecule has 0 radical (unpaired) electrons. The van der Waals surface area contributed by atoms with Gasteiger partial charge in [-0.1, -0.05) is 0 Å². The zero-order valence-electron chi connectivity index (χ0n) is 12.2. The third kappa shape index (κ3) is 4.93. The SMILES string of the molecule is CCOC(=O)OCCNc1ccc([N+](=O)[O-])cc1C(=O)OC. The van der Waals surface area contributed by atoms with E-state index in [0.717, 1.165) is 6.07 Å². The minimum Gasteiger partial charge on any atom is -0.465 e. The Bertz CT molecular complexity index is 559. The summed E-state index contributed by atoms with van der Waals surface area (Å²) in [5.41, 5.74) is 0.131. The van der Waals surface area contributed by atoms with Gasteiger partial charge in [0.05, 0.1) is 24.2 Å². The van der Waals surface area contributed by atoms with Crippen LogP contribution < -0.4 is 5.32 Å². The highest BCUT2D eigenvalue weighted by molar-refractivity contribution is 5.96. The summed E-state index contributed by atoms with van der Waals surface area (Å²) in [4.78, 5) is 32.7. The maximum atomic E-state index is 11.6. The number of non-ortho nitro benzene ring substituents is 1. The van der Waals surface area contributed by atoms with Gasteiger partial charge < -0.3 is 19.5 Å². The number of esters is 1. The van der Waals surface area contributed by atoms with Crippen molar-refractivity contribution in [3.63, 3.8) is 0 Å². The Labute approximate surface area is 126 Å². The lowest BCUT2D eigenvalue weighted by Crippen LogP contribution is -2.16. The van der Waals surface area contributed by atoms with Crippen molar-refractivity contribution >= 4 is 23.5 Å². The Kier molecular flexibility index (Phi) is 6.61. The number of nitrogens with zero attached hydrogens (tertiary/aromatic N) is 1. The Morgan fingerprint density at radius 3 is 2.64 bits per heavy atom. The number of nitro benzene ring substituents is 1. The van der Waals surface area contributed by atoms with E-state index in [1.807, 2.05) is 0 Å². The molecule has 0 saturated heterocycles. The van der Waals surface area contributed by atoms with Crippen molar-refractivity contribution in [3.05, 3.63) is 33.9 Å². The number of benzene rings is 1. The first-order chi connectivity index (χ1) is 10.5. The van der Waals surface area contributed by atoms with Crippen LogP contribution >= 0.6 is 0 Å². The number of anilines is 1. The number of rotatable bonds is 7. The second-order valence-corrected chi connectivity index (χ2v) is 3.94.